The van der Waals surface area contributed by atoms with Crippen LogP contribution in [0.25, 0.3) is 21.9 Å². The number of nitrogen functional groups attached to an aromatic ring is 1. The summed E-state index contributed by atoms with van der Waals surface area (Å²) in [4.78, 5) is 13.8. The van der Waals surface area contributed by atoms with Crippen LogP contribution in [0.1, 0.15) is 56.7 Å². The van der Waals surface area contributed by atoms with Crippen LogP contribution < -0.4 is 15.8 Å². The van der Waals surface area contributed by atoms with Gasteiger partial charge in [0.1, 0.15) is 35.5 Å². The molecule has 4 heterocycles. The number of hydrogen-bond donors (Lipinski definition) is 2. The largest absolute Gasteiger partial charge is 0.497 e. The van der Waals surface area contributed by atoms with E-state index in [1.54, 1.807) is 13.4 Å². The second-order valence-electron chi connectivity index (χ2n) is 13.2. The van der Waals surface area contributed by atoms with E-state index >= 15 is 0 Å². The van der Waals surface area contributed by atoms with E-state index in [1.165, 1.54) is 11.1 Å². The Bertz CT molecular complexity index is 1870. The minimum atomic E-state index is -0.629. The predicted octanol–water partition coefficient (Wildman–Crippen LogP) is 6.46. The van der Waals surface area contributed by atoms with Crippen LogP contribution in [0.3, 0.4) is 0 Å². The maximum Gasteiger partial charge on any atom is 0.163 e. The molecule has 44 heavy (non-hydrogen) atoms. The Balaban J connectivity index is 1.04. The summed E-state index contributed by atoms with van der Waals surface area (Å²) in [5.41, 5.74) is 10.6. The number of nitrogens with one attached hydrogen (secondary N) is 1. The monoisotopic (exact) mass is 590 g/mol. The summed E-state index contributed by atoms with van der Waals surface area (Å²) in [6, 6.07) is 21.1. The van der Waals surface area contributed by atoms with Crippen LogP contribution in [0.5, 0.6) is 5.75 Å². The minimum absolute atomic E-state index is 0.0268. The second kappa shape index (κ2) is 9.90. The Morgan fingerprint density at radius 2 is 1.89 bits per heavy atom. The van der Waals surface area contributed by atoms with Crippen LogP contribution in [-0.2, 0) is 16.0 Å². The summed E-state index contributed by atoms with van der Waals surface area (Å²) in [6.45, 7) is 7.08. The Kier molecular flexibility index (Phi) is 6.16. The average Bonchev–Trinajstić information content (AvgIpc) is 3.26. The van der Waals surface area contributed by atoms with E-state index in [4.69, 9.17) is 24.9 Å². The van der Waals surface area contributed by atoms with E-state index in [9.17, 15) is 0 Å². The van der Waals surface area contributed by atoms with Gasteiger partial charge in [0, 0.05) is 23.5 Å². The van der Waals surface area contributed by atoms with Gasteiger partial charge in [-0.15, -0.1) is 0 Å². The molecule has 1 unspecified atom stereocenters. The number of nitrogens with zero attached hydrogens (tertiary/aromatic N) is 4. The van der Waals surface area contributed by atoms with Crippen LogP contribution in [0.2, 0.25) is 0 Å². The molecule has 9 heteroatoms. The summed E-state index contributed by atoms with van der Waals surface area (Å²) in [5, 5.41) is 5.49. The molecule has 3 aliphatic rings. The molecule has 6 atom stereocenters. The van der Waals surface area contributed by atoms with Gasteiger partial charge in [-0.2, -0.15) is 0 Å². The molecule has 3 aromatic heterocycles. The summed E-state index contributed by atoms with van der Waals surface area (Å²) in [5.74, 6) is 2.36. The third kappa shape index (κ3) is 4.40. The van der Waals surface area contributed by atoms with Crippen LogP contribution in [0, 0.1) is 11.3 Å². The highest BCUT2D eigenvalue weighted by atomic mass is 16.8. The molecule has 1 saturated heterocycles. The molecule has 8 rings (SSSR count). The molecule has 3 N–H and O–H groups in total. The van der Waals surface area contributed by atoms with Crippen LogP contribution in [0.4, 0.5) is 11.6 Å². The fraction of sp³-hybridized carbons (Fsp3) is 0.400. The van der Waals surface area contributed by atoms with Gasteiger partial charge in [0.05, 0.1) is 30.2 Å². The van der Waals surface area contributed by atoms with Gasteiger partial charge in [-0.3, -0.25) is 0 Å². The number of fused-ring (bicyclic) bond motifs is 5. The molecule has 1 aliphatic heterocycles. The zero-order chi connectivity index (χ0) is 30.2. The lowest BCUT2D eigenvalue weighted by Crippen LogP contribution is -2.32. The highest BCUT2D eigenvalue weighted by Gasteiger charge is 2.75. The Morgan fingerprint density at radius 3 is 2.70 bits per heavy atom. The van der Waals surface area contributed by atoms with Gasteiger partial charge in [0.2, 0.25) is 0 Å². The van der Waals surface area contributed by atoms with Gasteiger partial charge in [0.25, 0.3) is 0 Å². The van der Waals surface area contributed by atoms with Crippen molar-refractivity contribution in [3.05, 3.63) is 84.3 Å². The van der Waals surface area contributed by atoms with Crippen molar-refractivity contribution < 1.29 is 14.2 Å². The van der Waals surface area contributed by atoms with Gasteiger partial charge < -0.3 is 29.8 Å². The molecule has 2 aromatic carbocycles. The van der Waals surface area contributed by atoms with E-state index in [2.05, 4.69) is 69.4 Å². The minimum Gasteiger partial charge on any atom is -0.497 e. The van der Waals surface area contributed by atoms with E-state index in [1.807, 2.05) is 38.1 Å². The Morgan fingerprint density at radius 1 is 1.07 bits per heavy atom. The first-order chi connectivity index (χ1) is 21.2. The second-order valence-corrected chi connectivity index (χ2v) is 13.2. The number of aromatic nitrogens is 4. The van der Waals surface area contributed by atoms with Crippen molar-refractivity contribution >= 4 is 33.6 Å². The SMILES string of the molecule is COc1ccc(CNc2ccc3ccc(C(C)C[C@]45C[C@@H]4[C@@H](n4ccc6c(N)ncnc64)[C@@H]4OC(C)(C)O[C@@H]45)cc3n2)cc1. The maximum absolute atomic E-state index is 6.67. The van der Waals surface area contributed by atoms with E-state index in [0.29, 0.717) is 24.2 Å². The van der Waals surface area contributed by atoms with Crippen LogP contribution in [0.15, 0.2) is 73.2 Å². The smallest absolute Gasteiger partial charge is 0.163 e. The molecule has 0 radical (unpaired) electrons. The van der Waals surface area contributed by atoms with Crippen molar-refractivity contribution in [2.75, 3.05) is 18.2 Å². The van der Waals surface area contributed by atoms with Crippen molar-refractivity contribution in [2.45, 2.75) is 70.1 Å². The number of nitrogens with two attached hydrogens (primary N) is 1. The van der Waals surface area contributed by atoms with Gasteiger partial charge >= 0.3 is 0 Å². The average molecular weight is 591 g/mol. The van der Waals surface area contributed by atoms with Crippen molar-refractivity contribution in [1.29, 1.82) is 0 Å². The zero-order valence-electron chi connectivity index (χ0n) is 25.5. The highest BCUT2D eigenvalue weighted by Crippen LogP contribution is 2.74. The molecular formula is C35H38N6O3. The number of benzene rings is 2. The molecule has 0 spiro atoms. The van der Waals surface area contributed by atoms with Gasteiger partial charge in [0.15, 0.2) is 5.79 Å². The topological polar surface area (TPSA) is 109 Å². The van der Waals surface area contributed by atoms with E-state index in [-0.39, 0.29) is 23.7 Å². The number of pyridine rings is 1. The number of methoxy groups -OCH3 is 1. The number of ether oxygens (including phenoxy) is 3. The summed E-state index contributed by atoms with van der Waals surface area (Å²) >= 11 is 0. The predicted molar refractivity (Wildman–Crippen MR) is 170 cm³/mol. The Hall–Kier alpha value is -4.21. The quantitative estimate of drug-likeness (QED) is 0.212. The third-order valence-corrected chi connectivity index (χ3v) is 10.1. The molecule has 9 nitrogen and oxygen atoms in total. The van der Waals surface area contributed by atoms with Crippen molar-refractivity contribution in [1.82, 2.24) is 19.5 Å². The van der Waals surface area contributed by atoms with Gasteiger partial charge in [-0.25, -0.2) is 15.0 Å². The van der Waals surface area contributed by atoms with E-state index < -0.39 is 5.79 Å². The molecule has 5 aromatic rings. The molecule has 2 saturated carbocycles. The molecule has 3 fully saturated rings. The molecular weight excluding hydrogens is 552 g/mol. The fourth-order valence-corrected chi connectivity index (χ4v) is 7.95. The van der Waals surface area contributed by atoms with Crippen molar-refractivity contribution in [2.24, 2.45) is 11.3 Å². The van der Waals surface area contributed by atoms with Crippen LogP contribution >= 0.6 is 0 Å². The molecule has 0 bridgehead atoms. The van der Waals surface area contributed by atoms with Gasteiger partial charge in [-0.05, 0) is 86.1 Å². The lowest BCUT2D eigenvalue weighted by atomic mass is 9.84. The number of hydrogen-bond acceptors (Lipinski definition) is 8. The van der Waals surface area contributed by atoms with Crippen LogP contribution in [-0.4, -0.2) is 44.6 Å². The van der Waals surface area contributed by atoms with E-state index in [0.717, 1.165) is 46.3 Å². The fourth-order valence-electron chi connectivity index (χ4n) is 7.95. The number of rotatable bonds is 8. The normalized spacial score (nSPS) is 27.3. The third-order valence-electron chi connectivity index (χ3n) is 10.1. The molecule has 226 valence electrons. The summed E-state index contributed by atoms with van der Waals surface area (Å²) < 4.78 is 20.8. The molecule has 2 aliphatic carbocycles. The summed E-state index contributed by atoms with van der Waals surface area (Å²) in [7, 11) is 1.68. The Labute approximate surface area is 256 Å². The highest BCUT2D eigenvalue weighted by molar-refractivity contribution is 5.86. The number of anilines is 2. The zero-order valence-corrected chi connectivity index (χ0v) is 25.5. The lowest BCUT2D eigenvalue weighted by molar-refractivity contribution is -0.161. The first kappa shape index (κ1) is 27.3. The standard InChI is InChI=1S/C35H38N6O3/c1-20(23-8-7-22-9-12-28(40-27(22)15-23)37-18-21-5-10-24(42-4)11-6-21)16-35-17-26(35)29(30-31(35)44-34(2,3)43-30)41-14-13-25-32(36)38-19-39-33(25)41/h5-15,19-20,26,29-31H,16-18H2,1-4H3,(H,37,40)(H2,36,38,39)/t20?,26-,29-,30+,31+,35+/m1/s1. The van der Waals surface area contributed by atoms with Crippen molar-refractivity contribution in [3.63, 3.8) is 0 Å². The van der Waals surface area contributed by atoms with Crippen molar-refractivity contribution in [3.8, 4) is 5.75 Å². The maximum atomic E-state index is 6.67. The first-order valence-electron chi connectivity index (χ1n) is 15.4. The summed E-state index contributed by atoms with van der Waals surface area (Å²) in [6.07, 6.45) is 5.76. The molecule has 0 amide bonds. The lowest BCUT2D eigenvalue weighted by Gasteiger charge is -2.26. The van der Waals surface area contributed by atoms with Gasteiger partial charge in [-0.1, -0.05) is 31.2 Å². The first-order valence-corrected chi connectivity index (χ1v) is 15.4.